The molecular weight excluding hydrogens is 408 g/mol. The van der Waals surface area contributed by atoms with Gasteiger partial charge in [0.25, 0.3) is 0 Å². The first kappa shape index (κ1) is 19.7. The van der Waals surface area contributed by atoms with Gasteiger partial charge in [0.05, 0.1) is 5.52 Å². The summed E-state index contributed by atoms with van der Waals surface area (Å²) in [6, 6.07) is 20.5. The molecule has 3 N–H and O–H groups in total. The average molecular weight is 435 g/mol. The van der Waals surface area contributed by atoms with Gasteiger partial charge in [-0.05, 0) is 43.2 Å². The first-order valence-electron chi connectivity index (χ1n) is 11.6. The smallest absolute Gasteiger partial charge is 0.150 e. The van der Waals surface area contributed by atoms with Gasteiger partial charge in [-0.25, -0.2) is 15.0 Å². The van der Waals surface area contributed by atoms with Gasteiger partial charge in [-0.1, -0.05) is 49.6 Å². The number of nitrogens with zero attached hydrogens (tertiary/aromatic N) is 4. The molecule has 0 saturated heterocycles. The molecule has 1 aliphatic carbocycles. The van der Waals surface area contributed by atoms with E-state index in [0.29, 0.717) is 11.7 Å². The zero-order valence-electron chi connectivity index (χ0n) is 18.4. The van der Waals surface area contributed by atoms with Gasteiger partial charge in [-0.2, -0.15) is 0 Å². The number of nitrogens with two attached hydrogens (primary N) is 1. The molecule has 0 radical (unpaired) electrons. The van der Waals surface area contributed by atoms with Crippen LogP contribution in [-0.2, 0) is 0 Å². The Hall–Kier alpha value is -3.93. The molecule has 0 spiro atoms. The molecule has 0 unspecified atom stereocenters. The Morgan fingerprint density at radius 2 is 1.73 bits per heavy atom. The molecule has 1 fully saturated rings. The van der Waals surface area contributed by atoms with Crippen molar-refractivity contribution in [2.45, 2.75) is 38.0 Å². The number of benzene rings is 2. The van der Waals surface area contributed by atoms with Gasteiger partial charge in [0.2, 0.25) is 0 Å². The van der Waals surface area contributed by atoms with Gasteiger partial charge in [0.15, 0.2) is 0 Å². The molecule has 1 aliphatic rings. The minimum Gasteiger partial charge on any atom is -0.382 e. The van der Waals surface area contributed by atoms with Crippen LogP contribution in [-0.4, -0.2) is 19.4 Å². The van der Waals surface area contributed by atoms with Gasteiger partial charge in [-0.3, -0.25) is 4.40 Å². The van der Waals surface area contributed by atoms with Crippen molar-refractivity contribution >= 4 is 33.7 Å². The number of hydrogen-bond donors (Lipinski definition) is 2. The predicted octanol–water partition coefficient (Wildman–Crippen LogP) is 6.32. The van der Waals surface area contributed by atoms with E-state index in [1.807, 2.05) is 42.6 Å². The minimum absolute atomic E-state index is 0.460. The van der Waals surface area contributed by atoms with E-state index in [0.717, 1.165) is 45.0 Å². The lowest BCUT2D eigenvalue weighted by Gasteiger charge is -2.20. The van der Waals surface area contributed by atoms with E-state index in [1.54, 1.807) is 6.20 Å². The highest BCUT2D eigenvalue weighted by molar-refractivity contribution is 5.91. The number of hydrogen-bond acceptors (Lipinski definition) is 5. The highest BCUT2D eigenvalue weighted by Gasteiger charge is 2.24. The SMILES string of the molecule is Nc1nccn2c(C3CCCCC3)nc(-c3ccc4ccc(Nc5ccccc5)nc4c3)c12. The van der Waals surface area contributed by atoms with E-state index in [9.17, 15) is 0 Å². The normalized spacial score (nSPS) is 14.7. The van der Waals surface area contributed by atoms with E-state index in [-0.39, 0.29) is 0 Å². The Morgan fingerprint density at radius 3 is 2.58 bits per heavy atom. The molecule has 0 atom stereocenters. The van der Waals surface area contributed by atoms with E-state index >= 15 is 0 Å². The second-order valence-corrected chi connectivity index (χ2v) is 8.78. The van der Waals surface area contributed by atoms with Crippen LogP contribution in [0.4, 0.5) is 17.3 Å². The zero-order chi connectivity index (χ0) is 22.2. The number of rotatable bonds is 4. The van der Waals surface area contributed by atoms with E-state index in [2.05, 4.69) is 39.0 Å². The Kier molecular flexibility index (Phi) is 4.91. The van der Waals surface area contributed by atoms with Crippen LogP contribution < -0.4 is 11.1 Å². The Morgan fingerprint density at radius 1 is 0.909 bits per heavy atom. The molecule has 0 amide bonds. The zero-order valence-corrected chi connectivity index (χ0v) is 18.4. The summed E-state index contributed by atoms with van der Waals surface area (Å²) < 4.78 is 2.15. The second kappa shape index (κ2) is 8.20. The quantitative estimate of drug-likeness (QED) is 0.346. The number of pyridine rings is 1. The topological polar surface area (TPSA) is 81.1 Å². The fourth-order valence-corrected chi connectivity index (χ4v) is 4.94. The largest absolute Gasteiger partial charge is 0.382 e. The van der Waals surface area contributed by atoms with Gasteiger partial charge in [-0.15, -0.1) is 0 Å². The lowest BCUT2D eigenvalue weighted by Crippen LogP contribution is -2.09. The molecule has 33 heavy (non-hydrogen) atoms. The molecule has 3 aromatic heterocycles. The van der Waals surface area contributed by atoms with Crippen molar-refractivity contribution < 1.29 is 0 Å². The molecular formula is C27H26N6. The molecule has 0 bridgehead atoms. The molecule has 6 heteroatoms. The lowest BCUT2D eigenvalue weighted by atomic mass is 9.89. The van der Waals surface area contributed by atoms with Crippen molar-refractivity contribution in [1.29, 1.82) is 0 Å². The summed E-state index contributed by atoms with van der Waals surface area (Å²) in [5.41, 5.74) is 11.1. The Labute approximate surface area is 192 Å². The summed E-state index contributed by atoms with van der Waals surface area (Å²) in [4.78, 5) is 14.4. The van der Waals surface area contributed by atoms with Crippen LogP contribution in [0, 0.1) is 0 Å². The molecule has 6 rings (SSSR count). The van der Waals surface area contributed by atoms with Crippen LogP contribution in [0.15, 0.2) is 73.1 Å². The highest BCUT2D eigenvalue weighted by Crippen LogP contribution is 2.37. The number of anilines is 3. The van der Waals surface area contributed by atoms with Crippen LogP contribution >= 0.6 is 0 Å². The van der Waals surface area contributed by atoms with Gasteiger partial charge in [0.1, 0.15) is 28.7 Å². The van der Waals surface area contributed by atoms with Crippen molar-refractivity contribution in [2.75, 3.05) is 11.1 Å². The minimum atomic E-state index is 0.460. The molecule has 0 aliphatic heterocycles. The van der Waals surface area contributed by atoms with E-state index in [4.69, 9.17) is 15.7 Å². The average Bonchev–Trinajstić information content (AvgIpc) is 3.26. The summed E-state index contributed by atoms with van der Waals surface area (Å²) in [5, 5.41) is 4.46. The maximum Gasteiger partial charge on any atom is 0.150 e. The third kappa shape index (κ3) is 3.67. The first-order chi connectivity index (χ1) is 16.3. The fourth-order valence-electron chi connectivity index (χ4n) is 4.94. The maximum atomic E-state index is 6.36. The van der Waals surface area contributed by atoms with Crippen LogP contribution in [0.5, 0.6) is 0 Å². The standard InChI is InChI=1S/C27H26N6/c28-26-25-24(32-27(33(25)16-15-29-26)19-7-3-1-4-8-19)20-12-11-18-13-14-23(31-22(18)17-20)30-21-9-5-2-6-10-21/h2,5-6,9-17,19H,1,3-4,7-8H2,(H2,28,29)(H,30,31). The third-order valence-electron chi connectivity index (χ3n) is 6.59. The fraction of sp³-hybridized carbons (Fsp3) is 0.222. The summed E-state index contributed by atoms with van der Waals surface area (Å²) >= 11 is 0. The summed E-state index contributed by atoms with van der Waals surface area (Å²) in [6.45, 7) is 0. The number of imidazole rings is 1. The molecule has 164 valence electrons. The van der Waals surface area contributed by atoms with Crippen molar-refractivity contribution in [3.63, 3.8) is 0 Å². The number of fused-ring (bicyclic) bond motifs is 2. The van der Waals surface area contributed by atoms with Crippen molar-refractivity contribution in [3.8, 4) is 11.3 Å². The lowest BCUT2D eigenvalue weighted by molar-refractivity contribution is 0.428. The second-order valence-electron chi connectivity index (χ2n) is 8.78. The van der Waals surface area contributed by atoms with Crippen LogP contribution in [0.3, 0.4) is 0 Å². The molecule has 3 heterocycles. The first-order valence-corrected chi connectivity index (χ1v) is 11.6. The highest BCUT2D eigenvalue weighted by atomic mass is 15.1. The van der Waals surface area contributed by atoms with Crippen molar-refractivity contribution in [3.05, 3.63) is 78.9 Å². The number of nitrogen functional groups attached to an aromatic ring is 1. The Balaban J connectivity index is 1.45. The van der Waals surface area contributed by atoms with Gasteiger partial charge < -0.3 is 11.1 Å². The van der Waals surface area contributed by atoms with Crippen LogP contribution in [0.25, 0.3) is 27.7 Å². The van der Waals surface area contributed by atoms with Crippen molar-refractivity contribution in [2.24, 2.45) is 0 Å². The van der Waals surface area contributed by atoms with E-state index < -0.39 is 0 Å². The Bertz CT molecular complexity index is 1430. The molecule has 2 aromatic carbocycles. The maximum absolute atomic E-state index is 6.36. The van der Waals surface area contributed by atoms with Gasteiger partial charge >= 0.3 is 0 Å². The monoisotopic (exact) mass is 434 g/mol. The predicted molar refractivity (Wildman–Crippen MR) is 134 cm³/mol. The molecule has 1 saturated carbocycles. The van der Waals surface area contributed by atoms with Gasteiger partial charge in [0, 0.05) is 34.9 Å². The summed E-state index contributed by atoms with van der Waals surface area (Å²) in [6.07, 6.45) is 9.94. The number of para-hydroxylation sites is 1. The van der Waals surface area contributed by atoms with Crippen molar-refractivity contribution in [1.82, 2.24) is 19.4 Å². The summed E-state index contributed by atoms with van der Waals surface area (Å²) in [7, 11) is 0. The molecule has 6 nitrogen and oxygen atoms in total. The van der Waals surface area contributed by atoms with Crippen LogP contribution in [0.2, 0.25) is 0 Å². The molecule has 5 aromatic rings. The van der Waals surface area contributed by atoms with Crippen LogP contribution in [0.1, 0.15) is 43.8 Å². The number of nitrogens with one attached hydrogen (secondary N) is 1. The third-order valence-corrected chi connectivity index (χ3v) is 6.59. The number of aromatic nitrogens is 4. The van der Waals surface area contributed by atoms with E-state index in [1.165, 1.54) is 32.1 Å². The summed E-state index contributed by atoms with van der Waals surface area (Å²) in [5.74, 6) is 2.88.